The molecule has 0 bridgehead atoms. The number of benzene rings is 1. The highest BCUT2D eigenvalue weighted by Gasteiger charge is 2.20. The molecule has 1 aromatic carbocycles. The number of aromatic nitrogens is 1. The molecule has 1 aliphatic rings. The lowest BCUT2D eigenvalue weighted by molar-refractivity contribution is -0.124. The predicted molar refractivity (Wildman–Crippen MR) is 93.9 cm³/mol. The molecular weight excluding hydrogens is 302 g/mol. The molecule has 1 amide bonds. The van der Waals surface area contributed by atoms with Crippen LogP contribution in [0.15, 0.2) is 54.9 Å². The van der Waals surface area contributed by atoms with E-state index in [-0.39, 0.29) is 11.9 Å². The molecule has 2 aromatic rings. The molecule has 5 nitrogen and oxygen atoms in total. The van der Waals surface area contributed by atoms with Crippen molar-refractivity contribution < 1.29 is 9.53 Å². The van der Waals surface area contributed by atoms with Gasteiger partial charge in [-0.15, -0.1) is 0 Å². The van der Waals surface area contributed by atoms with Gasteiger partial charge in [-0.1, -0.05) is 30.3 Å². The number of carbonyl (C=O) groups is 1. The molecule has 1 N–H and O–H groups in total. The van der Waals surface area contributed by atoms with Crippen LogP contribution in [0.25, 0.3) is 0 Å². The molecule has 5 heteroatoms. The van der Waals surface area contributed by atoms with Crippen LogP contribution in [0.4, 0.5) is 0 Å². The maximum Gasteiger partial charge on any atom is 0.243 e. The van der Waals surface area contributed by atoms with E-state index in [1.54, 1.807) is 0 Å². The Labute approximate surface area is 143 Å². The summed E-state index contributed by atoms with van der Waals surface area (Å²) in [5.41, 5.74) is 1.17. The van der Waals surface area contributed by atoms with E-state index in [1.165, 1.54) is 5.56 Å². The highest BCUT2D eigenvalue weighted by molar-refractivity contribution is 5.80. The van der Waals surface area contributed by atoms with Gasteiger partial charge in [0.1, 0.15) is 6.04 Å². The summed E-state index contributed by atoms with van der Waals surface area (Å²) in [6.07, 6.45) is 4.60. The number of ether oxygens (including phenoxy) is 1. The number of amides is 1. The number of carbonyl (C=O) groups excluding carboxylic acids is 1. The number of hydrogen-bond donors (Lipinski definition) is 1. The summed E-state index contributed by atoms with van der Waals surface area (Å²) >= 11 is 0. The van der Waals surface area contributed by atoms with Gasteiger partial charge in [-0.05, 0) is 17.7 Å². The molecule has 0 spiro atoms. The van der Waals surface area contributed by atoms with Crippen LogP contribution in [-0.4, -0.2) is 54.8 Å². The Hall–Kier alpha value is -2.11. The van der Waals surface area contributed by atoms with Crippen LogP contribution >= 0.6 is 0 Å². The second-order valence-electron chi connectivity index (χ2n) is 6.08. The van der Waals surface area contributed by atoms with Crippen LogP contribution in [0.1, 0.15) is 11.6 Å². The molecule has 0 saturated carbocycles. The van der Waals surface area contributed by atoms with Gasteiger partial charge < -0.3 is 14.6 Å². The summed E-state index contributed by atoms with van der Waals surface area (Å²) in [6, 6.07) is 13.9. The average molecular weight is 327 g/mol. The first kappa shape index (κ1) is 16.7. The van der Waals surface area contributed by atoms with Crippen molar-refractivity contribution in [2.24, 2.45) is 0 Å². The van der Waals surface area contributed by atoms with E-state index in [9.17, 15) is 4.79 Å². The molecular formula is C19H25N3O2. The third-order valence-electron chi connectivity index (χ3n) is 4.39. The molecule has 0 unspecified atom stereocenters. The van der Waals surface area contributed by atoms with Crippen LogP contribution < -0.4 is 5.32 Å². The molecule has 2 heterocycles. The lowest BCUT2D eigenvalue weighted by Crippen LogP contribution is -2.42. The zero-order valence-corrected chi connectivity index (χ0v) is 13.9. The van der Waals surface area contributed by atoms with Crippen LogP contribution in [0, 0.1) is 0 Å². The Kier molecular flexibility index (Phi) is 6.04. The van der Waals surface area contributed by atoms with E-state index < -0.39 is 0 Å². The predicted octanol–water partition coefficient (Wildman–Crippen LogP) is 1.72. The topological polar surface area (TPSA) is 46.5 Å². The van der Waals surface area contributed by atoms with Crippen molar-refractivity contribution in [3.05, 3.63) is 60.4 Å². The van der Waals surface area contributed by atoms with Crippen LogP contribution in [-0.2, 0) is 16.0 Å². The second-order valence-corrected chi connectivity index (χ2v) is 6.08. The van der Waals surface area contributed by atoms with E-state index in [0.717, 1.165) is 32.8 Å². The van der Waals surface area contributed by atoms with E-state index in [4.69, 9.17) is 4.74 Å². The summed E-state index contributed by atoms with van der Waals surface area (Å²) in [5, 5.41) is 3.10. The number of nitrogens with zero attached hydrogens (tertiary/aromatic N) is 2. The highest BCUT2D eigenvalue weighted by Crippen LogP contribution is 2.15. The lowest BCUT2D eigenvalue weighted by atomic mass is 10.1. The molecule has 1 saturated heterocycles. The zero-order chi connectivity index (χ0) is 16.6. The first-order valence-electron chi connectivity index (χ1n) is 8.57. The van der Waals surface area contributed by atoms with Gasteiger partial charge in [0.05, 0.1) is 13.2 Å². The Morgan fingerprint density at radius 2 is 1.79 bits per heavy atom. The van der Waals surface area contributed by atoms with Gasteiger partial charge in [-0.2, -0.15) is 0 Å². The highest BCUT2D eigenvalue weighted by atomic mass is 16.5. The minimum atomic E-state index is -0.216. The fourth-order valence-electron chi connectivity index (χ4n) is 3.01. The van der Waals surface area contributed by atoms with Crippen molar-refractivity contribution in [2.45, 2.75) is 12.5 Å². The fourth-order valence-corrected chi connectivity index (χ4v) is 3.01. The standard InChI is InChI=1S/C19H25N3O2/c23-19(20-8-11-21-12-14-24-15-13-21)18(22-9-4-5-10-22)16-17-6-2-1-3-7-17/h1-7,9-10,18H,8,11-16H2,(H,20,23)/t18-/m0/s1. The van der Waals surface area contributed by atoms with Crippen LogP contribution in [0.2, 0.25) is 0 Å². The molecule has 1 aliphatic heterocycles. The number of nitrogens with one attached hydrogen (secondary N) is 1. The molecule has 1 fully saturated rings. The van der Waals surface area contributed by atoms with Gasteiger partial charge in [0.25, 0.3) is 0 Å². The smallest absolute Gasteiger partial charge is 0.243 e. The minimum Gasteiger partial charge on any atom is -0.379 e. The summed E-state index contributed by atoms with van der Waals surface area (Å²) in [5.74, 6) is 0.0725. The second kappa shape index (κ2) is 8.66. The molecule has 0 aliphatic carbocycles. The minimum absolute atomic E-state index is 0.0725. The molecule has 0 radical (unpaired) electrons. The maximum absolute atomic E-state index is 12.7. The molecule has 24 heavy (non-hydrogen) atoms. The van der Waals surface area contributed by atoms with Gasteiger partial charge in [0, 0.05) is 45.0 Å². The largest absolute Gasteiger partial charge is 0.379 e. The lowest BCUT2D eigenvalue weighted by Gasteiger charge is -2.27. The van der Waals surface area contributed by atoms with E-state index in [2.05, 4.69) is 22.3 Å². The fraction of sp³-hybridized carbons (Fsp3) is 0.421. The molecule has 3 rings (SSSR count). The molecule has 1 aromatic heterocycles. The summed E-state index contributed by atoms with van der Waals surface area (Å²) in [6.45, 7) is 5.01. The zero-order valence-electron chi connectivity index (χ0n) is 13.9. The van der Waals surface area contributed by atoms with Crippen molar-refractivity contribution in [1.29, 1.82) is 0 Å². The number of hydrogen-bond acceptors (Lipinski definition) is 3. The summed E-state index contributed by atoms with van der Waals surface area (Å²) in [7, 11) is 0. The summed E-state index contributed by atoms with van der Waals surface area (Å²) in [4.78, 5) is 15.0. The van der Waals surface area contributed by atoms with Gasteiger partial charge in [0.2, 0.25) is 5.91 Å². The van der Waals surface area contributed by atoms with Crippen LogP contribution in [0.5, 0.6) is 0 Å². The van der Waals surface area contributed by atoms with Crippen molar-refractivity contribution in [3.63, 3.8) is 0 Å². The Morgan fingerprint density at radius 3 is 2.50 bits per heavy atom. The Bertz CT molecular complexity index is 607. The van der Waals surface area contributed by atoms with E-state index in [1.807, 2.05) is 47.3 Å². The third-order valence-corrected chi connectivity index (χ3v) is 4.39. The summed E-state index contributed by atoms with van der Waals surface area (Å²) < 4.78 is 7.33. The number of rotatable bonds is 7. The monoisotopic (exact) mass is 327 g/mol. The Balaban J connectivity index is 1.57. The normalized spacial score (nSPS) is 16.7. The Morgan fingerprint density at radius 1 is 1.08 bits per heavy atom. The van der Waals surface area contributed by atoms with E-state index >= 15 is 0 Å². The van der Waals surface area contributed by atoms with Crippen molar-refractivity contribution in [3.8, 4) is 0 Å². The van der Waals surface area contributed by atoms with Gasteiger partial charge >= 0.3 is 0 Å². The third kappa shape index (κ3) is 4.69. The van der Waals surface area contributed by atoms with Gasteiger partial charge in [-0.25, -0.2) is 0 Å². The van der Waals surface area contributed by atoms with Crippen LogP contribution in [0.3, 0.4) is 0 Å². The van der Waals surface area contributed by atoms with Crippen molar-refractivity contribution >= 4 is 5.91 Å². The first-order valence-corrected chi connectivity index (χ1v) is 8.57. The van der Waals surface area contributed by atoms with Crippen molar-refractivity contribution in [2.75, 3.05) is 39.4 Å². The van der Waals surface area contributed by atoms with Crippen molar-refractivity contribution in [1.82, 2.24) is 14.8 Å². The maximum atomic E-state index is 12.7. The SMILES string of the molecule is O=C(NCCN1CCOCC1)[C@H](Cc1ccccc1)n1cccc1. The molecule has 128 valence electrons. The van der Waals surface area contributed by atoms with Gasteiger partial charge in [0.15, 0.2) is 0 Å². The first-order chi connectivity index (χ1) is 11.8. The number of morpholine rings is 1. The van der Waals surface area contributed by atoms with Gasteiger partial charge in [-0.3, -0.25) is 9.69 Å². The quantitative estimate of drug-likeness (QED) is 0.842. The van der Waals surface area contributed by atoms with E-state index in [0.29, 0.717) is 13.0 Å². The molecule has 1 atom stereocenters. The average Bonchev–Trinajstić information content (AvgIpc) is 3.16.